The zero-order chi connectivity index (χ0) is 19.7. The number of benzene rings is 2. The lowest BCUT2D eigenvalue weighted by Gasteiger charge is -2.18. The van der Waals surface area contributed by atoms with Gasteiger partial charge in [0.1, 0.15) is 11.3 Å². The van der Waals surface area contributed by atoms with Crippen LogP contribution in [0.15, 0.2) is 52.3 Å². The van der Waals surface area contributed by atoms with Gasteiger partial charge in [0.25, 0.3) is 0 Å². The predicted octanol–water partition coefficient (Wildman–Crippen LogP) is 5.93. The molecule has 2 aromatic heterocycles. The van der Waals surface area contributed by atoms with E-state index in [9.17, 15) is 9.18 Å². The molecule has 0 bridgehead atoms. The van der Waals surface area contributed by atoms with E-state index in [-0.39, 0.29) is 11.6 Å². The summed E-state index contributed by atoms with van der Waals surface area (Å²) in [4.78, 5) is 22.1. The number of para-hydroxylation sites is 1. The Morgan fingerprint density at radius 2 is 2.04 bits per heavy atom. The maximum atomic E-state index is 14.1. The Labute approximate surface area is 168 Å². The quantitative estimate of drug-likeness (QED) is 0.416. The fourth-order valence-electron chi connectivity index (χ4n) is 2.64. The summed E-state index contributed by atoms with van der Waals surface area (Å²) < 4.78 is 19.8. The molecule has 0 aliphatic carbocycles. The van der Waals surface area contributed by atoms with Gasteiger partial charge in [-0.1, -0.05) is 23.7 Å². The van der Waals surface area contributed by atoms with E-state index in [0.29, 0.717) is 32.8 Å². The Bertz CT molecular complexity index is 1200. The second kappa shape index (κ2) is 7.53. The van der Waals surface area contributed by atoms with E-state index in [2.05, 4.69) is 9.97 Å². The van der Waals surface area contributed by atoms with Crippen molar-refractivity contribution in [2.45, 2.75) is 6.92 Å². The smallest absolute Gasteiger partial charge is 0.230 e. The van der Waals surface area contributed by atoms with Crippen molar-refractivity contribution in [3.63, 3.8) is 0 Å². The van der Waals surface area contributed by atoms with Gasteiger partial charge in [0.05, 0.1) is 11.4 Å². The average molecular weight is 414 g/mol. The molecular formula is C20H13ClFN3O2S. The molecule has 0 spiro atoms. The van der Waals surface area contributed by atoms with Crippen molar-refractivity contribution in [3.05, 3.63) is 70.3 Å². The van der Waals surface area contributed by atoms with Gasteiger partial charge in [-0.25, -0.2) is 14.4 Å². The number of aromatic nitrogens is 2. The van der Waals surface area contributed by atoms with Crippen molar-refractivity contribution in [1.29, 1.82) is 0 Å². The highest BCUT2D eigenvalue weighted by Crippen LogP contribution is 2.31. The molecule has 2 aromatic carbocycles. The van der Waals surface area contributed by atoms with Crippen molar-refractivity contribution in [2.24, 2.45) is 0 Å². The van der Waals surface area contributed by atoms with Crippen LogP contribution in [0.4, 0.5) is 15.2 Å². The van der Waals surface area contributed by atoms with Crippen LogP contribution < -0.4 is 4.90 Å². The number of nitrogens with zero attached hydrogens (tertiary/aromatic N) is 3. The molecule has 4 rings (SSSR count). The molecule has 0 saturated heterocycles. The molecule has 140 valence electrons. The Morgan fingerprint density at radius 3 is 2.82 bits per heavy atom. The molecule has 0 aliphatic rings. The predicted molar refractivity (Wildman–Crippen MR) is 109 cm³/mol. The highest BCUT2D eigenvalue weighted by molar-refractivity contribution is 7.14. The summed E-state index contributed by atoms with van der Waals surface area (Å²) in [6.45, 7) is 1.37. The summed E-state index contributed by atoms with van der Waals surface area (Å²) in [5.41, 5.74) is 2.05. The number of amides is 1. The van der Waals surface area contributed by atoms with E-state index in [1.54, 1.807) is 47.9 Å². The van der Waals surface area contributed by atoms with Crippen LogP contribution in [0.1, 0.15) is 18.5 Å². The number of carbonyl (C=O) groups is 1. The molecule has 0 aliphatic heterocycles. The monoisotopic (exact) mass is 413 g/mol. The second-order valence-electron chi connectivity index (χ2n) is 5.86. The van der Waals surface area contributed by atoms with Gasteiger partial charge in [-0.05, 0) is 36.4 Å². The third-order valence-electron chi connectivity index (χ3n) is 3.87. The van der Waals surface area contributed by atoms with Crippen LogP contribution in [0.25, 0.3) is 23.3 Å². The number of oxazole rings is 1. The normalized spacial score (nSPS) is 11.4. The summed E-state index contributed by atoms with van der Waals surface area (Å²) in [7, 11) is 0. The lowest BCUT2D eigenvalue weighted by molar-refractivity contribution is -0.115. The van der Waals surface area contributed by atoms with Crippen molar-refractivity contribution >= 4 is 62.9 Å². The maximum Gasteiger partial charge on any atom is 0.230 e. The molecule has 0 unspecified atom stereocenters. The van der Waals surface area contributed by atoms with Gasteiger partial charge >= 0.3 is 0 Å². The summed E-state index contributed by atoms with van der Waals surface area (Å²) in [6.07, 6.45) is 3.39. The zero-order valence-electron chi connectivity index (χ0n) is 14.6. The van der Waals surface area contributed by atoms with Gasteiger partial charge in [0.15, 0.2) is 10.7 Å². The van der Waals surface area contributed by atoms with Gasteiger partial charge in [-0.2, -0.15) is 0 Å². The van der Waals surface area contributed by atoms with Crippen LogP contribution in [0, 0.1) is 5.82 Å². The van der Waals surface area contributed by atoms with E-state index in [1.807, 2.05) is 0 Å². The fraction of sp³-hybridized carbons (Fsp3) is 0.0500. The first-order valence-electron chi connectivity index (χ1n) is 8.26. The molecule has 0 fully saturated rings. The minimum Gasteiger partial charge on any atom is -0.437 e. The molecule has 1 amide bonds. The van der Waals surface area contributed by atoms with Crippen molar-refractivity contribution in [1.82, 2.24) is 9.97 Å². The minimum atomic E-state index is -0.491. The number of rotatable bonds is 4. The molecular weight excluding hydrogens is 401 g/mol. The first-order chi connectivity index (χ1) is 13.5. The molecule has 2 heterocycles. The Morgan fingerprint density at radius 1 is 1.21 bits per heavy atom. The SMILES string of the molecule is CC(=O)N(c1nc(/C=C/c2nc3cc(Cl)ccc3o2)cs1)c1ccccc1F. The largest absolute Gasteiger partial charge is 0.437 e. The van der Waals surface area contributed by atoms with Crippen LogP contribution in [-0.4, -0.2) is 15.9 Å². The number of fused-ring (bicyclic) bond motifs is 1. The second-order valence-corrected chi connectivity index (χ2v) is 7.13. The summed E-state index contributed by atoms with van der Waals surface area (Å²) in [5, 5.41) is 2.72. The Hall–Kier alpha value is -3.03. The number of anilines is 2. The molecule has 4 aromatic rings. The minimum absolute atomic E-state index is 0.163. The zero-order valence-corrected chi connectivity index (χ0v) is 16.2. The molecule has 0 atom stereocenters. The number of hydrogen-bond acceptors (Lipinski definition) is 5. The fourth-order valence-corrected chi connectivity index (χ4v) is 3.66. The van der Waals surface area contributed by atoms with E-state index >= 15 is 0 Å². The summed E-state index contributed by atoms with van der Waals surface area (Å²) in [6, 6.07) is 11.3. The van der Waals surface area contributed by atoms with Gasteiger partial charge < -0.3 is 4.42 Å². The Balaban J connectivity index is 1.61. The number of halogens is 2. The van der Waals surface area contributed by atoms with Crippen LogP contribution in [0.5, 0.6) is 0 Å². The van der Waals surface area contributed by atoms with Crippen LogP contribution in [-0.2, 0) is 4.79 Å². The molecule has 0 N–H and O–H groups in total. The topological polar surface area (TPSA) is 59.2 Å². The van der Waals surface area contributed by atoms with E-state index in [4.69, 9.17) is 16.0 Å². The van der Waals surface area contributed by atoms with Gasteiger partial charge in [-0.3, -0.25) is 9.69 Å². The summed E-state index contributed by atoms with van der Waals surface area (Å²) >= 11 is 7.19. The van der Waals surface area contributed by atoms with Crippen LogP contribution >= 0.6 is 22.9 Å². The first kappa shape index (κ1) is 18.3. The number of thiazole rings is 1. The molecule has 28 heavy (non-hydrogen) atoms. The Kier molecular flexibility index (Phi) is 4.93. The van der Waals surface area contributed by atoms with E-state index in [1.165, 1.54) is 35.3 Å². The maximum absolute atomic E-state index is 14.1. The highest BCUT2D eigenvalue weighted by Gasteiger charge is 2.20. The molecule has 5 nitrogen and oxygen atoms in total. The average Bonchev–Trinajstić information content (AvgIpc) is 3.28. The standard InChI is InChI=1S/C20H13ClFN3O2S/c1-12(26)25(17-5-3-2-4-15(17)22)20-23-14(11-28-20)7-9-19-24-16-10-13(21)6-8-18(16)27-19/h2-11H,1H3/b9-7+. The summed E-state index contributed by atoms with van der Waals surface area (Å²) in [5.74, 6) is -0.412. The van der Waals surface area contributed by atoms with Crippen LogP contribution in [0.2, 0.25) is 5.02 Å². The number of carbonyl (C=O) groups excluding carboxylic acids is 1. The lowest BCUT2D eigenvalue weighted by Crippen LogP contribution is -2.23. The van der Waals surface area contributed by atoms with Gasteiger partial charge in [-0.15, -0.1) is 11.3 Å². The van der Waals surface area contributed by atoms with Crippen molar-refractivity contribution in [2.75, 3.05) is 4.90 Å². The number of hydrogen-bond donors (Lipinski definition) is 0. The third kappa shape index (κ3) is 3.67. The van der Waals surface area contributed by atoms with Crippen LogP contribution in [0.3, 0.4) is 0 Å². The highest BCUT2D eigenvalue weighted by atomic mass is 35.5. The lowest BCUT2D eigenvalue weighted by atomic mass is 10.3. The molecule has 0 radical (unpaired) electrons. The van der Waals surface area contributed by atoms with Gasteiger partial charge in [0, 0.05) is 23.4 Å². The van der Waals surface area contributed by atoms with Crippen molar-refractivity contribution in [3.8, 4) is 0 Å². The third-order valence-corrected chi connectivity index (χ3v) is 4.95. The van der Waals surface area contributed by atoms with Crippen molar-refractivity contribution < 1.29 is 13.6 Å². The molecule has 0 saturated carbocycles. The molecule has 8 heteroatoms. The first-order valence-corrected chi connectivity index (χ1v) is 9.52. The van der Waals surface area contributed by atoms with Gasteiger partial charge in [0.2, 0.25) is 11.8 Å². The van der Waals surface area contributed by atoms with E-state index < -0.39 is 5.82 Å². The van der Waals surface area contributed by atoms with E-state index in [0.717, 1.165) is 0 Å².